The Hall–Kier alpha value is -2.43. The molecule has 1 aromatic carbocycles. The van der Waals surface area contributed by atoms with E-state index in [0.717, 1.165) is 5.75 Å². The van der Waals surface area contributed by atoms with Crippen LogP contribution in [0.2, 0.25) is 0 Å². The summed E-state index contributed by atoms with van der Waals surface area (Å²) in [5.74, 6) is 2.17. The number of aryl methyl sites for hydroxylation is 1. The molecule has 0 spiro atoms. The van der Waals surface area contributed by atoms with E-state index in [-0.39, 0.29) is 17.8 Å². The van der Waals surface area contributed by atoms with Gasteiger partial charge >= 0.3 is 0 Å². The summed E-state index contributed by atoms with van der Waals surface area (Å²) >= 11 is 0. The van der Waals surface area contributed by atoms with Crippen LogP contribution in [-0.2, 0) is 0 Å². The lowest BCUT2D eigenvalue weighted by Crippen LogP contribution is -2.14. The van der Waals surface area contributed by atoms with Crippen molar-refractivity contribution in [3.8, 4) is 17.2 Å². The highest BCUT2D eigenvalue weighted by atomic mass is 16.5. The second-order valence-electron chi connectivity index (χ2n) is 4.04. The van der Waals surface area contributed by atoms with E-state index in [2.05, 4.69) is 0 Å². The summed E-state index contributed by atoms with van der Waals surface area (Å²) in [4.78, 5) is 11.5. The van der Waals surface area contributed by atoms with Gasteiger partial charge in [0.2, 0.25) is 11.2 Å². The summed E-state index contributed by atoms with van der Waals surface area (Å²) < 4.78 is 21.0. The minimum Gasteiger partial charge on any atom is -0.497 e. The quantitative estimate of drug-likeness (QED) is 0.758. The molecule has 2 rings (SSSR count). The van der Waals surface area contributed by atoms with Crippen molar-refractivity contribution in [2.75, 3.05) is 20.3 Å². The van der Waals surface area contributed by atoms with Crippen LogP contribution in [0, 0.1) is 6.92 Å². The first-order chi connectivity index (χ1) is 9.70. The number of benzene rings is 1. The molecule has 5 nitrogen and oxygen atoms in total. The molecule has 0 amide bonds. The van der Waals surface area contributed by atoms with Gasteiger partial charge in [-0.25, -0.2) is 0 Å². The molecule has 106 valence electrons. The summed E-state index contributed by atoms with van der Waals surface area (Å²) in [5.41, 5.74) is -0.196. The molecule has 0 saturated carbocycles. The second-order valence-corrected chi connectivity index (χ2v) is 4.04. The highest BCUT2D eigenvalue weighted by molar-refractivity contribution is 5.31. The number of ether oxygens (including phenoxy) is 3. The van der Waals surface area contributed by atoms with E-state index in [1.54, 1.807) is 26.2 Å². The van der Waals surface area contributed by atoms with Gasteiger partial charge in [0.25, 0.3) is 0 Å². The summed E-state index contributed by atoms with van der Waals surface area (Å²) in [6.45, 7) is 2.28. The Morgan fingerprint density at radius 2 is 1.65 bits per heavy atom. The van der Waals surface area contributed by atoms with Crippen LogP contribution in [0.25, 0.3) is 0 Å². The predicted octanol–water partition coefficient (Wildman–Crippen LogP) is 2.41. The molecule has 0 N–H and O–H groups in total. The molecule has 0 aliphatic rings. The van der Waals surface area contributed by atoms with Gasteiger partial charge in [-0.05, 0) is 31.2 Å². The molecule has 0 atom stereocenters. The molecule has 5 heteroatoms. The number of methoxy groups -OCH3 is 1. The van der Waals surface area contributed by atoms with Gasteiger partial charge in [0, 0.05) is 6.07 Å². The first-order valence-corrected chi connectivity index (χ1v) is 6.19. The third-order valence-electron chi connectivity index (χ3n) is 2.67. The predicted molar refractivity (Wildman–Crippen MR) is 73.7 cm³/mol. The van der Waals surface area contributed by atoms with E-state index in [1.165, 1.54) is 12.3 Å². The van der Waals surface area contributed by atoms with Crippen LogP contribution >= 0.6 is 0 Å². The van der Waals surface area contributed by atoms with Crippen molar-refractivity contribution >= 4 is 0 Å². The van der Waals surface area contributed by atoms with Crippen LogP contribution in [0.4, 0.5) is 0 Å². The van der Waals surface area contributed by atoms with Crippen molar-refractivity contribution in [2.24, 2.45) is 0 Å². The third kappa shape index (κ3) is 3.54. The highest BCUT2D eigenvalue weighted by Gasteiger charge is 2.06. The fourth-order valence-corrected chi connectivity index (χ4v) is 1.65. The zero-order valence-corrected chi connectivity index (χ0v) is 11.4. The maximum atomic E-state index is 11.5. The van der Waals surface area contributed by atoms with Gasteiger partial charge in [0.05, 0.1) is 13.4 Å². The lowest BCUT2D eigenvalue weighted by molar-refractivity contribution is 0.210. The summed E-state index contributed by atoms with van der Waals surface area (Å²) in [5, 5.41) is 0. The number of hydrogen-bond acceptors (Lipinski definition) is 5. The van der Waals surface area contributed by atoms with E-state index in [4.69, 9.17) is 18.6 Å². The van der Waals surface area contributed by atoms with E-state index < -0.39 is 0 Å². The van der Waals surface area contributed by atoms with Gasteiger partial charge in [-0.2, -0.15) is 0 Å². The molecule has 20 heavy (non-hydrogen) atoms. The summed E-state index contributed by atoms with van der Waals surface area (Å²) in [6, 6.07) is 8.56. The van der Waals surface area contributed by atoms with Crippen LogP contribution < -0.4 is 19.6 Å². The minimum absolute atomic E-state index is 0.196. The topological polar surface area (TPSA) is 57.9 Å². The van der Waals surface area contributed by atoms with Crippen LogP contribution in [-0.4, -0.2) is 20.3 Å². The largest absolute Gasteiger partial charge is 0.497 e. The maximum absolute atomic E-state index is 11.5. The Bertz CT molecular complexity index is 600. The van der Waals surface area contributed by atoms with Gasteiger partial charge in [-0.1, -0.05) is 0 Å². The molecule has 0 unspecified atom stereocenters. The smallest absolute Gasteiger partial charge is 0.226 e. The standard InChI is InChI=1S/C15H16O5/c1-11-15(14(16)7-8-18-11)20-10-9-19-13-5-3-12(17-2)4-6-13/h3-8H,9-10H2,1-2H3. The molecule has 1 aromatic heterocycles. The van der Waals surface area contributed by atoms with Gasteiger partial charge in [-0.15, -0.1) is 0 Å². The first kappa shape index (κ1) is 14.0. The van der Waals surface area contributed by atoms with Crippen molar-refractivity contribution in [1.29, 1.82) is 0 Å². The molecular weight excluding hydrogens is 260 g/mol. The molecule has 0 saturated heterocycles. The fraction of sp³-hybridized carbons (Fsp3) is 0.267. The van der Waals surface area contributed by atoms with Gasteiger partial charge in [0.1, 0.15) is 30.5 Å². The Balaban J connectivity index is 1.83. The number of rotatable bonds is 6. The molecular formula is C15H16O5. The average Bonchev–Trinajstić information content (AvgIpc) is 2.46. The monoisotopic (exact) mass is 276 g/mol. The molecule has 0 fully saturated rings. The maximum Gasteiger partial charge on any atom is 0.226 e. The van der Waals surface area contributed by atoms with Crippen molar-refractivity contribution in [1.82, 2.24) is 0 Å². The average molecular weight is 276 g/mol. The van der Waals surface area contributed by atoms with Gasteiger partial charge in [-0.3, -0.25) is 4.79 Å². The summed E-state index contributed by atoms with van der Waals surface area (Å²) in [7, 11) is 1.61. The zero-order chi connectivity index (χ0) is 14.4. The molecule has 1 heterocycles. The van der Waals surface area contributed by atoms with E-state index in [9.17, 15) is 4.79 Å². The van der Waals surface area contributed by atoms with E-state index >= 15 is 0 Å². The zero-order valence-electron chi connectivity index (χ0n) is 11.4. The van der Waals surface area contributed by atoms with E-state index in [1.807, 2.05) is 12.1 Å². The van der Waals surface area contributed by atoms with Crippen LogP contribution in [0.1, 0.15) is 5.76 Å². The van der Waals surface area contributed by atoms with Gasteiger partial charge < -0.3 is 18.6 Å². The Labute approximate surface area is 116 Å². The Morgan fingerprint density at radius 1 is 1.00 bits per heavy atom. The lowest BCUT2D eigenvalue weighted by Gasteiger charge is -2.09. The second kappa shape index (κ2) is 6.65. The molecule has 2 aromatic rings. The Morgan fingerprint density at radius 3 is 2.30 bits per heavy atom. The normalized spacial score (nSPS) is 10.1. The van der Waals surface area contributed by atoms with Crippen molar-refractivity contribution in [3.05, 3.63) is 52.6 Å². The van der Waals surface area contributed by atoms with Crippen LogP contribution in [0.3, 0.4) is 0 Å². The number of hydrogen-bond donors (Lipinski definition) is 0. The molecule has 0 aliphatic carbocycles. The van der Waals surface area contributed by atoms with Crippen molar-refractivity contribution < 1.29 is 18.6 Å². The van der Waals surface area contributed by atoms with E-state index in [0.29, 0.717) is 18.1 Å². The van der Waals surface area contributed by atoms with Crippen molar-refractivity contribution in [2.45, 2.75) is 6.92 Å². The highest BCUT2D eigenvalue weighted by Crippen LogP contribution is 2.17. The fourth-order valence-electron chi connectivity index (χ4n) is 1.65. The minimum atomic E-state index is -0.196. The molecule has 0 radical (unpaired) electrons. The van der Waals surface area contributed by atoms with Crippen LogP contribution in [0.5, 0.6) is 17.2 Å². The van der Waals surface area contributed by atoms with Crippen molar-refractivity contribution in [3.63, 3.8) is 0 Å². The lowest BCUT2D eigenvalue weighted by atomic mass is 10.3. The first-order valence-electron chi connectivity index (χ1n) is 6.19. The van der Waals surface area contributed by atoms with Crippen LogP contribution in [0.15, 0.2) is 45.8 Å². The Kier molecular flexibility index (Phi) is 4.65. The third-order valence-corrected chi connectivity index (χ3v) is 2.67. The van der Waals surface area contributed by atoms with Gasteiger partial charge in [0.15, 0.2) is 0 Å². The SMILES string of the molecule is COc1ccc(OCCOc2c(C)occc2=O)cc1. The molecule has 0 bridgehead atoms. The molecule has 0 aliphatic heterocycles. The summed E-state index contributed by atoms with van der Waals surface area (Å²) in [6.07, 6.45) is 1.35.